The van der Waals surface area contributed by atoms with Crippen LogP contribution in [-0.2, 0) is 11.2 Å². The molecule has 132 valence electrons. The van der Waals surface area contributed by atoms with Crippen LogP contribution >= 0.6 is 0 Å². The number of aromatic nitrogens is 1. The number of rotatable bonds is 5. The zero-order valence-corrected chi connectivity index (χ0v) is 15.2. The summed E-state index contributed by atoms with van der Waals surface area (Å²) in [6.07, 6.45) is 0.740. The van der Waals surface area contributed by atoms with Crippen LogP contribution in [-0.4, -0.2) is 10.9 Å². The molecular formula is C19H23N3O3. The number of nitrogens with zero attached hydrogens (tertiary/aromatic N) is 1. The lowest BCUT2D eigenvalue weighted by Crippen LogP contribution is -2.27. The van der Waals surface area contributed by atoms with Crippen LogP contribution in [0.5, 0.6) is 0 Å². The molecule has 0 aromatic carbocycles. The summed E-state index contributed by atoms with van der Waals surface area (Å²) in [5.41, 5.74) is 2.88. The van der Waals surface area contributed by atoms with E-state index in [1.165, 1.54) is 0 Å². The fraction of sp³-hybridized carbons (Fsp3) is 0.421. The number of hydrogen-bond donors (Lipinski definition) is 2. The first kappa shape index (κ1) is 18.5. The van der Waals surface area contributed by atoms with Gasteiger partial charge in [-0.25, -0.2) is 0 Å². The number of nitrogens with one attached hydrogen (secondary N) is 2. The van der Waals surface area contributed by atoms with Crippen molar-refractivity contribution in [1.29, 1.82) is 5.26 Å². The molecule has 1 amide bonds. The van der Waals surface area contributed by atoms with Gasteiger partial charge in [-0.05, 0) is 58.2 Å². The van der Waals surface area contributed by atoms with Crippen LogP contribution in [0.25, 0.3) is 0 Å². The summed E-state index contributed by atoms with van der Waals surface area (Å²) in [7, 11) is 0. The van der Waals surface area contributed by atoms with Crippen molar-refractivity contribution < 1.29 is 9.21 Å². The van der Waals surface area contributed by atoms with E-state index in [9.17, 15) is 9.59 Å². The molecular weight excluding hydrogens is 318 g/mol. The summed E-state index contributed by atoms with van der Waals surface area (Å²) < 4.78 is 5.50. The van der Waals surface area contributed by atoms with E-state index in [4.69, 9.17) is 9.68 Å². The Balaban J connectivity index is 2.07. The van der Waals surface area contributed by atoms with Crippen LogP contribution < -0.4 is 10.9 Å². The lowest BCUT2D eigenvalue weighted by molar-refractivity contribution is -0.121. The van der Waals surface area contributed by atoms with Gasteiger partial charge in [0.05, 0.1) is 6.04 Å². The monoisotopic (exact) mass is 341 g/mol. The second-order valence-corrected chi connectivity index (χ2v) is 6.33. The predicted octanol–water partition coefficient (Wildman–Crippen LogP) is 2.88. The van der Waals surface area contributed by atoms with Gasteiger partial charge in [-0.3, -0.25) is 9.59 Å². The predicted molar refractivity (Wildman–Crippen MR) is 94.3 cm³/mol. The van der Waals surface area contributed by atoms with E-state index >= 15 is 0 Å². The van der Waals surface area contributed by atoms with E-state index in [-0.39, 0.29) is 29.5 Å². The van der Waals surface area contributed by atoms with Gasteiger partial charge in [0, 0.05) is 17.7 Å². The average molecular weight is 341 g/mol. The number of carbonyl (C=O) groups excluding carboxylic acids is 1. The third-order valence-corrected chi connectivity index (χ3v) is 4.45. The molecule has 0 saturated heterocycles. The molecule has 2 aromatic heterocycles. The molecule has 0 saturated carbocycles. The molecule has 0 bridgehead atoms. The maximum atomic E-state index is 12.3. The first-order valence-corrected chi connectivity index (χ1v) is 8.23. The highest BCUT2D eigenvalue weighted by atomic mass is 16.3. The minimum atomic E-state index is -0.384. The number of H-pyrrole nitrogens is 1. The molecule has 6 heteroatoms. The minimum absolute atomic E-state index is 0.0886. The van der Waals surface area contributed by atoms with Crippen molar-refractivity contribution in [2.24, 2.45) is 0 Å². The number of aryl methyl sites for hydroxylation is 3. The number of pyridine rings is 1. The summed E-state index contributed by atoms with van der Waals surface area (Å²) in [6, 6.07) is 3.71. The van der Waals surface area contributed by atoms with Gasteiger partial charge >= 0.3 is 0 Å². The first-order chi connectivity index (χ1) is 11.7. The summed E-state index contributed by atoms with van der Waals surface area (Å²) in [5, 5.41) is 12.1. The SMILES string of the molecule is Cc1cc([C@H](C)NC(=O)CCc2c(C)[nH]c(=O)c(C#N)c2C)c(C)o1. The van der Waals surface area contributed by atoms with Crippen LogP contribution in [0.15, 0.2) is 15.3 Å². The zero-order valence-electron chi connectivity index (χ0n) is 15.2. The molecule has 0 radical (unpaired) electrons. The molecule has 0 unspecified atom stereocenters. The van der Waals surface area contributed by atoms with Gasteiger partial charge in [0.25, 0.3) is 5.56 Å². The highest BCUT2D eigenvalue weighted by molar-refractivity contribution is 5.76. The van der Waals surface area contributed by atoms with Gasteiger partial charge in [-0.1, -0.05) is 0 Å². The average Bonchev–Trinajstić information content (AvgIpc) is 2.85. The normalized spacial score (nSPS) is 11.8. The van der Waals surface area contributed by atoms with E-state index in [1.54, 1.807) is 13.8 Å². The van der Waals surface area contributed by atoms with Crippen LogP contribution in [0.2, 0.25) is 0 Å². The smallest absolute Gasteiger partial charge is 0.266 e. The van der Waals surface area contributed by atoms with Crippen molar-refractivity contribution in [3.8, 4) is 6.07 Å². The third-order valence-electron chi connectivity index (χ3n) is 4.45. The topological polar surface area (TPSA) is 98.9 Å². The number of nitriles is 1. The molecule has 2 N–H and O–H groups in total. The number of furan rings is 1. The maximum Gasteiger partial charge on any atom is 0.266 e. The second kappa shape index (κ2) is 7.39. The summed E-state index contributed by atoms with van der Waals surface area (Å²) in [6.45, 7) is 9.19. The van der Waals surface area contributed by atoms with Gasteiger partial charge in [0.2, 0.25) is 5.91 Å². The minimum Gasteiger partial charge on any atom is -0.466 e. The third kappa shape index (κ3) is 4.00. The number of aromatic amines is 1. The molecule has 0 aliphatic heterocycles. The standard InChI is InChI=1S/C19H23N3O3/c1-10-8-16(14(5)25-10)13(4)21-18(23)7-6-15-11(2)17(9-20)19(24)22-12(15)3/h8,13H,6-7H2,1-5H3,(H,21,23)(H,22,24)/t13-/m0/s1. The van der Waals surface area contributed by atoms with Crippen LogP contribution in [0.3, 0.4) is 0 Å². The van der Waals surface area contributed by atoms with Crippen LogP contribution in [0.4, 0.5) is 0 Å². The Labute approximate surface area is 146 Å². The fourth-order valence-electron chi connectivity index (χ4n) is 3.13. The second-order valence-electron chi connectivity index (χ2n) is 6.33. The molecule has 2 rings (SSSR count). The van der Waals surface area contributed by atoms with Crippen molar-refractivity contribution in [3.05, 3.63) is 55.9 Å². The zero-order chi connectivity index (χ0) is 18.7. The Morgan fingerprint density at radius 1 is 1.36 bits per heavy atom. The highest BCUT2D eigenvalue weighted by Crippen LogP contribution is 2.21. The van der Waals surface area contributed by atoms with Crippen molar-refractivity contribution in [3.63, 3.8) is 0 Å². The quantitative estimate of drug-likeness (QED) is 0.873. The Morgan fingerprint density at radius 3 is 2.60 bits per heavy atom. The van der Waals surface area contributed by atoms with E-state index in [1.807, 2.05) is 32.9 Å². The lowest BCUT2D eigenvalue weighted by Gasteiger charge is -2.14. The van der Waals surface area contributed by atoms with Crippen molar-refractivity contribution in [1.82, 2.24) is 10.3 Å². The lowest BCUT2D eigenvalue weighted by atomic mass is 9.99. The Kier molecular flexibility index (Phi) is 5.48. The van der Waals surface area contributed by atoms with Crippen LogP contribution in [0.1, 0.15) is 58.9 Å². The number of amides is 1. The molecule has 0 fully saturated rings. The number of hydrogen-bond acceptors (Lipinski definition) is 4. The van der Waals surface area contributed by atoms with Crippen molar-refractivity contribution in [2.75, 3.05) is 0 Å². The van der Waals surface area contributed by atoms with Gasteiger partial charge in [0.1, 0.15) is 23.2 Å². The largest absolute Gasteiger partial charge is 0.466 e. The Bertz CT molecular complexity index is 900. The van der Waals surface area contributed by atoms with E-state index in [2.05, 4.69) is 10.3 Å². The molecule has 2 aromatic rings. The summed E-state index contributed by atoms with van der Waals surface area (Å²) in [4.78, 5) is 26.7. The molecule has 1 atom stereocenters. The highest BCUT2D eigenvalue weighted by Gasteiger charge is 2.17. The summed E-state index contributed by atoms with van der Waals surface area (Å²) in [5.74, 6) is 1.53. The fourth-order valence-corrected chi connectivity index (χ4v) is 3.13. The van der Waals surface area contributed by atoms with E-state index in [0.717, 1.165) is 22.6 Å². The van der Waals surface area contributed by atoms with Gasteiger partial charge in [-0.2, -0.15) is 5.26 Å². The number of carbonyl (C=O) groups is 1. The molecule has 2 heterocycles. The molecule has 6 nitrogen and oxygen atoms in total. The van der Waals surface area contributed by atoms with Crippen molar-refractivity contribution in [2.45, 2.75) is 53.5 Å². The van der Waals surface area contributed by atoms with Gasteiger partial charge < -0.3 is 14.7 Å². The molecule has 0 spiro atoms. The summed E-state index contributed by atoms with van der Waals surface area (Å²) >= 11 is 0. The van der Waals surface area contributed by atoms with E-state index in [0.29, 0.717) is 17.7 Å². The van der Waals surface area contributed by atoms with E-state index < -0.39 is 0 Å². The van der Waals surface area contributed by atoms with Crippen LogP contribution in [0, 0.1) is 39.0 Å². The molecule has 0 aliphatic rings. The Morgan fingerprint density at radius 2 is 2.04 bits per heavy atom. The first-order valence-electron chi connectivity index (χ1n) is 8.23. The molecule has 0 aliphatic carbocycles. The van der Waals surface area contributed by atoms with Crippen molar-refractivity contribution >= 4 is 5.91 Å². The molecule has 25 heavy (non-hydrogen) atoms. The van der Waals surface area contributed by atoms with Gasteiger partial charge in [0.15, 0.2) is 0 Å². The van der Waals surface area contributed by atoms with Gasteiger partial charge in [-0.15, -0.1) is 0 Å². The maximum absolute atomic E-state index is 12.3. The Hall–Kier alpha value is -2.81.